The summed E-state index contributed by atoms with van der Waals surface area (Å²) in [6.07, 6.45) is 1.97. The van der Waals surface area contributed by atoms with Crippen LogP contribution in [0.1, 0.15) is 50.3 Å². The van der Waals surface area contributed by atoms with Crippen molar-refractivity contribution in [3.05, 3.63) is 28.8 Å². The van der Waals surface area contributed by atoms with E-state index in [9.17, 15) is 4.79 Å². The highest BCUT2D eigenvalue weighted by Gasteiger charge is 2.23. The molecule has 1 fully saturated rings. The average Bonchev–Trinajstić information content (AvgIpc) is 3.30. The highest BCUT2D eigenvalue weighted by molar-refractivity contribution is 7.15. The number of carbonyl (C=O) groups excluding carboxylic acids is 1. The summed E-state index contributed by atoms with van der Waals surface area (Å²) in [5, 5.41) is 12.1. The second kappa shape index (κ2) is 8.22. The number of anilines is 1. The fourth-order valence-corrected chi connectivity index (χ4v) is 3.68. The smallest absolute Gasteiger partial charge is 0.264 e. The lowest BCUT2D eigenvalue weighted by molar-refractivity contribution is -0.118. The molecule has 1 unspecified atom stereocenters. The Balaban J connectivity index is 1.61. The van der Waals surface area contributed by atoms with Crippen molar-refractivity contribution >= 4 is 22.4 Å². The second-order valence-corrected chi connectivity index (χ2v) is 8.41. The molecule has 7 nitrogen and oxygen atoms in total. The Labute approximate surface area is 163 Å². The first-order valence-electron chi connectivity index (χ1n) is 8.93. The molecule has 1 aliphatic rings. The normalized spacial score (nSPS) is 17.0. The van der Waals surface area contributed by atoms with Crippen molar-refractivity contribution in [2.45, 2.75) is 45.1 Å². The number of benzene rings is 1. The fraction of sp³-hybridized carbons (Fsp3) is 0.526. The predicted octanol–water partition coefficient (Wildman–Crippen LogP) is 3.71. The van der Waals surface area contributed by atoms with Crippen molar-refractivity contribution in [3.63, 3.8) is 0 Å². The first kappa shape index (κ1) is 19.6. The highest BCUT2D eigenvalue weighted by Crippen LogP contribution is 2.34. The standard InChI is InChI=1S/C19H25N3O4S/c1-19(2,3)13-10-12(24-4)7-8-14(13)26-11-16(23)20-18-22-21-17(27-18)15-6-5-9-25-15/h7-8,10,15H,5-6,9,11H2,1-4H3,(H,20,22,23). The number of hydrogen-bond acceptors (Lipinski definition) is 7. The summed E-state index contributed by atoms with van der Waals surface area (Å²) in [6.45, 7) is 6.90. The lowest BCUT2D eigenvalue weighted by Crippen LogP contribution is -2.22. The van der Waals surface area contributed by atoms with Gasteiger partial charge in [-0.3, -0.25) is 10.1 Å². The van der Waals surface area contributed by atoms with Gasteiger partial charge in [0, 0.05) is 12.2 Å². The SMILES string of the molecule is COc1ccc(OCC(=O)Nc2nnc(C3CCCO3)s2)c(C(C)(C)C)c1. The van der Waals surface area contributed by atoms with E-state index >= 15 is 0 Å². The van der Waals surface area contributed by atoms with Crippen LogP contribution in [0, 0.1) is 0 Å². The zero-order valence-corrected chi connectivity index (χ0v) is 16.9. The third kappa shape index (κ3) is 4.95. The van der Waals surface area contributed by atoms with E-state index in [4.69, 9.17) is 14.2 Å². The van der Waals surface area contributed by atoms with Gasteiger partial charge < -0.3 is 14.2 Å². The van der Waals surface area contributed by atoms with Crippen molar-refractivity contribution in [1.29, 1.82) is 0 Å². The molecule has 0 radical (unpaired) electrons. The van der Waals surface area contributed by atoms with Gasteiger partial charge in [-0.1, -0.05) is 32.1 Å². The van der Waals surface area contributed by atoms with Crippen molar-refractivity contribution in [2.24, 2.45) is 0 Å². The summed E-state index contributed by atoms with van der Waals surface area (Å²) < 4.78 is 16.6. The Morgan fingerprint density at radius 2 is 2.19 bits per heavy atom. The highest BCUT2D eigenvalue weighted by atomic mass is 32.1. The summed E-state index contributed by atoms with van der Waals surface area (Å²) in [7, 11) is 1.63. The van der Waals surface area contributed by atoms with Crippen molar-refractivity contribution in [2.75, 3.05) is 25.6 Å². The van der Waals surface area contributed by atoms with Crippen LogP contribution in [0.4, 0.5) is 5.13 Å². The van der Waals surface area contributed by atoms with Gasteiger partial charge in [0.15, 0.2) is 6.61 Å². The molecular weight excluding hydrogens is 366 g/mol. The summed E-state index contributed by atoms with van der Waals surface area (Å²) in [6, 6.07) is 5.58. The topological polar surface area (TPSA) is 82.6 Å². The molecule has 0 aliphatic carbocycles. The number of aromatic nitrogens is 2. The van der Waals surface area contributed by atoms with Crippen LogP contribution in [0.25, 0.3) is 0 Å². The van der Waals surface area contributed by atoms with Gasteiger partial charge in [-0.15, -0.1) is 10.2 Å². The van der Waals surface area contributed by atoms with Gasteiger partial charge in [0.05, 0.1) is 7.11 Å². The fourth-order valence-electron chi connectivity index (χ4n) is 2.83. The van der Waals surface area contributed by atoms with Crippen LogP contribution in [-0.2, 0) is 14.9 Å². The van der Waals surface area contributed by atoms with E-state index in [-0.39, 0.29) is 24.0 Å². The minimum absolute atomic E-state index is 0.00181. The van der Waals surface area contributed by atoms with E-state index in [1.807, 2.05) is 18.2 Å². The van der Waals surface area contributed by atoms with Gasteiger partial charge in [-0.05, 0) is 36.5 Å². The third-order valence-electron chi connectivity index (χ3n) is 4.25. The maximum Gasteiger partial charge on any atom is 0.264 e. The molecule has 3 rings (SSSR count). The lowest BCUT2D eigenvalue weighted by Gasteiger charge is -2.23. The van der Waals surface area contributed by atoms with Gasteiger partial charge in [-0.2, -0.15) is 0 Å². The molecule has 8 heteroatoms. The molecule has 27 heavy (non-hydrogen) atoms. The van der Waals surface area contributed by atoms with E-state index in [1.165, 1.54) is 11.3 Å². The van der Waals surface area contributed by atoms with Crippen LogP contribution in [0.2, 0.25) is 0 Å². The first-order valence-corrected chi connectivity index (χ1v) is 9.74. The number of hydrogen-bond donors (Lipinski definition) is 1. The molecule has 1 aliphatic heterocycles. The molecule has 0 bridgehead atoms. The molecule has 1 aromatic carbocycles. The number of nitrogens with zero attached hydrogens (tertiary/aromatic N) is 2. The van der Waals surface area contributed by atoms with Gasteiger partial charge in [0.2, 0.25) is 5.13 Å². The Morgan fingerprint density at radius 3 is 2.85 bits per heavy atom. The Kier molecular flexibility index (Phi) is 5.96. The van der Waals surface area contributed by atoms with Crippen LogP contribution in [0.3, 0.4) is 0 Å². The van der Waals surface area contributed by atoms with E-state index in [0.29, 0.717) is 10.9 Å². The quantitative estimate of drug-likeness (QED) is 0.808. The van der Waals surface area contributed by atoms with E-state index in [1.54, 1.807) is 7.11 Å². The summed E-state index contributed by atoms with van der Waals surface area (Å²) in [5.41, 5.74) is 0.835. The molecule has 0 spiro atoms. The maximum absolute atomic E-state index is 12.2. The molecule has 146 valence electrons. The van der Waals surface area contributed by atoms with Gasteiger partial charge in [-0.25, -0.2) is 0 Å². The maximum atomic E-state index is 12.2. The van der Waals surface area contributed by atoms with Gasteiger partial charge in [0.25, 0.3) is 5.91 Å². The Morgan fingerprint density at radius 1 is 1.37 bits per heavy atom. The Hall–Kier alpha value is -2.19. The predicted molar refractivity (Wildman–Crippen MR) is 104 cm³/mol. The molecule has 0 saturated carbocycles. The van der Waals surface area contributed by atoms with Crippen LogP contribution >= 0.6 is 11.3 Å². The molecular formula is C19H25N3O4S. The van der Waals surface area contributed by atoms with Crippen LogP contribution in [-0.4, -0.2) is 36.4 Å². The van der Waals surface area contributed by atoms with Gasteiger partial charge >= 0.3 is 0 Å². The molecule has 1 amide bonds. The summed E-state index contributed by atoms with van der Waals surface area (Å²) in [4.78, 5) is 12.2. The number of methoxy groups -OCH3 is 1. The lowest BCUT2D eigenvalue weighted by atomic mass is 9.86. The van der Waals surface area contributed by atoms with E-state index in [0.717, 1.165) is 35.8 Å². The zero-order chi connectivity index (χ0) is 19.4. The van der Waals surface area contributed by atoms with Gasteiger partial charge in [0.1, 0.15) is 22.6 Å². The molecule has 1 atom stereocenters. The minimum Gasteiger partial charge on any atom is -0.497 e. The molecule has 2 aromatic rings. The molecule has 1 saturated heterocycles. The van der Waals surface area contributed by atoms with Crippen LogP contribution in [0.15, 0.2) is 18.2 Å². The second-order valence-electron chi connectivity index (χ2n) is 7.40. The number of carbonyl (C=O) groups is 1. The minimum atomic E-state index is -0.277. The van der Waals surface area contributed by atoms with Crippen LogP contribution in [0.5, 0.6) is 11.5 Å². The first-order chi connectivity index (χ1) is 12.9. The zero-order valence-electron chi connectivity index (χ0n) is 16.1. The monoisotopic (exact) mass is 391 g/mol. The number of amides is 1. The van der Waals surface area contributed by atoms with E-state index < -0.39 is 0 Å². The molecule has 2 heterocycles. The summed E-state index contributed by atoms with van der Waals surface area (Å²) >= 11 is 1.34. The van der Waals surface area contributed by atoms with Crippen LogP contribution < -0.4 is 14.8 Å². The van der Waals surface area contributed by atoms with E-state index in [2.05, 4.69) is 36.3 Å². The number of ether oxygens (including phenoxy) is 3. The molecule has 1 N–H and O–H groups in total. The van der Waals surface area contributed by atoms with Crippen molar-refractivity contribution < 1.29 is 19.0 Å². The Bertz CT molecular complexity index is 794. The summed E-state index contributed by atoms with van der Waals surface area (Å²) in [5.74, 6) is 1.14. The molecule has 1 aromatic heterocycles. The number of rotatable bonds is 6. The third-order valence-corrected chi connectivity index (χ3v) is 5.18. The average molecular weight is 391 g/mol. The largest absolute Gasteiger partial charge is 0.497 e. The number of nitrogens with one attached hydrogen (secondary N) is 1. The van der Waals surface area contributed by atoms with Crippen molar-refractivity contribution in [3.8, 4) is 11.5 Å². The van der Waals surface area contributed by atoms with Crippen molar-refractivity contribution in [1.82, 2.24) is 10.2 Å².